The van der Waals surface area contributed by atoms with E-state index in [4.69, 9.17) is 10.5 Å². The monoisotopic (exact) mass is 311 g/mol. The number of carbonyl (C=O) groups excluding carboxylic acids is 1. The first kappa shape index (κ1) is 18.4. The number of carbonyl (C=O) groups is 1. The van der Waals surface area contributed by atoms with E-state index in [1.165, 1.54) is 0 Å². The number of nitrogens with two attached hydrogens (primary N) is 1. The van der Waals surface area contributed by atoms with Gasteiger partial charge in [0, 0.05) is 38.1 Å². The number of nitrogens with zero attached hydrogens (tertiary/aromatic N) is 3. The topological polar surface area (TPSA) is 85.4 Å². The molecule has 7 heteroatoms. The summed E-state index contributed by atoms with van der Waals surface area (Å²) in [6.45, 7) is 8.53. The molecule has 22 heavy (non-hydrogen) atoms. The Morgan fingerprint density at radius 1 is 1.55 bits per heavy atom. The van der Waals surface area contributed by atoms with Gasteiger partial charge in [-0.15, -0.1) is 0 Å². The van der Waals surface area contributed by atoms with E-state index in [2.05, 4.69) is 15.2 Å². The van der Waals surface area contributed by atoms with Gasteiger partial charge in [-0.25, -0.2) is 9.78 Å². The van der Waals surface area contributed by atoms with Crippen LogP contribution in [0.2, 0.25) is 0 Å². The van der Waals surface area contributed by atoms with Crippen LogP contribution in [0.15, 0.2) is 12.4 Å². The van der Waals surface area contributed by atoms with E-state index in [0.29, 0.717) is 13.1 Å². The molecule has 0 saturated carbocycles. The molecule has 0 aliphatic heterocycles. The van der Waals surface area contributed by atoms with Gasteiger partial charge in [0.1, 0.15) is 11.4 Å². The van der Waals surface area contributed by atoms with Crippen LogP contribution in [0.1, 0.15) is 33.5 Å². The highest BCUT2D eigenvalue weighted by molar-refractivity contribution is 5.68. The van der Waals surface area contributed by atoms with Crippen molar-refractivity contribution >= 4 is 6.09 Å². The minimum atomic E-state index is -0.513. The van der Waals surface area contributed by atoms with Gasteiger partial charge in [-0.1, -0.05) is 0 Å². The number of hydrogen-bond donors (Lipinski definition) is 2. The van der Waals surface area contributed by atoms with Crippen LogP contribution in [-0.4, -0.2) is 51.8 Å². The van der Waals surface area contributed by atoms with Crippen molar-refractivity contribution in [3.8, 4) is 0 Å². The van der Waals surface area contributed by atoms with Gasteiger partial charge in [0.2, 0.25) is 0 Å². The minimum Gasteiger partial charge on any atom is -0.444 e. The summed E-state index contributed by atoms with van der Waals surface area (Å²) in [5, 5.41) is 2.85. The third kappa shape index (κ3) is 5.65. The van der Waals surface area contributed by atoms with Crippen LogP contribution in [0.4, 0.5) is 4.79 Å². The van der Waals surface area contributed by atoms with Gasteiger partial charge in [-0.05, 0) is 34.7 Å². The van der Waals surface area contributed by atoms with Gasteiger partial charge in [-0.2, -0.15) is 0 Å². The quantitative estimate of drug-likeness (QED) is 0.821. The van der Waals surface area contributed by atoms with Crippen LogP contribution in [0.25, 0.3) is 0 Å². The lowest BCUT2D eigenvalue weighted by molar-refractivity contribution is 0.0475. The molecule has 0 aliphatic rings. The number of alkyl carbamates (subject to hydrolysis) is 1. The lowest BCUT2D eigenvalue weighted by Gasteiger charge is -2.32. The number of rotatable bonds is 6. The SMILES string of the molecule is CC(NC(=O)OC(C)(C)C)C(CN)N(C)Cc1nccn1C. The molecule has 0 bridgehead atoms. The first-order chi connectivity index (χ1) is 10.1. The Hall–Kier alpha value is -1.60. The molecule has 0 saturated heterocycles. The number of aryl methyl sites for hydroxylation is 1. The fourth-order valence-corrected chi connectivity index (χ4v) is 2.24. The van der Waals surface area contributed by atoms with Crippen molar-refractivity contribution in [3.63, 3.8) is 0 Å². The normalized spacial score (nSPS) is 14.7. The molecule has 2 atom stereocenters. The highest BCUT2D eigenvalue weighted by Gasteiger charge is 2.25. The number of likely N-dealkylation sites (N-methyl/N-ethyl adjacent to an activating group) is 1. The molecule has 0 aliphatic carbocycles. The molecular formula is C15H29N5O2. The maximum atomic E-state index is 11.9. The molecule has 1 aromatic heterocycles. The van der Waals surface area contributed by atoms with Crippen LogP contribution in [0.3, 0.4) is 0 Å². The van der Waals surface area contributed by atoms with Gasteiger partial charge in [0.05, 0.1) is 6.54 Å². The van der Waals surface area contributed by atoms with Gasteiger partial charge in [-0.3, -0.25) is 4.90 Å². The Bertz CT molecular complexity index is 481. The standard InChI is InChI=1S/C15H29N5O2/c1-11(18-14(21)22-15(2,3)4)12(9-16)20(6)10-13-17-7-8-19(13)5/h7-8,11-12H,9-10,16H2,1-6H3,(H,18,21). The van der Waals surface area contributed by atoms with E-state index in [9.17, 15) is 4.79 Å². The average molecular weight is 311 g/mol. The third-order valence-electron chi connectivity index (χ3n) is 3.44. The predicted octanol–water partition coefficient (Wildman–Crippen LogP) is 1.09. The van der Waals surface area contributed by atoms with Crippen molar-refractivity contribution in [2.45, 2.75) is 51.9 Å². The number of aromatic nitrogens is 2. The molecule has 0 radical (unpaired) electrons. The molecule has 0 spiro atoms. The molecule has 126 valence electrons. The second kappa shape index (κ2) is 7.60. The van der Waals surface area contributed by atoms with Gasteiger partial charge in [0.25, 0.3) is 0 Å². The third-order valence-corrected chi connectivity index (χ3v) is 3.44. The van der Waals surface area contributed by atoms with E-state index >= 15 is 0 Å². The minimum absolute atomic E-state index is 0.00998. The molecule has 1 aromatic rings. The average Bonchev–Trinajstić information content (AvgIpc) is 2.73. The number of ether oxygens (including phenoxy) is 1. The van der Waals surface area contributed by atoms with E-state index in [1.807, 2.05) is 52.6 Å². The molecule has 0 fully saturated rings. The maximum absolute atomic E-state index is 11.9. The first-order valence-electron chi connectivity index (χ1n) is 7.50. The number of hydrogen-bond acceptors (Lipinski definition) is 5. The lowest BCUT2D eigenvalue weighted by atomic mass is 10.1. The summed E-state index contributed by atoms with van der Waals surface area (Å²) in [5.74, 6) is 0.949. The van der Waals surface area contributed by atoms with Crippen molar-refractivity contribution in [2.75, 3.05) is 13.6 Å². The summed E-state index contributed by atoms with van der Waals surface area (Å²) in [6, 6.07) is -0.144. The summed E-state index contributed by atoms with van der Waals surface area (Å²) in [7, 11) is 3.93. The van der Waals surface area contributed by atoms with Crippen LogP contribution < -0.4 is 11.1 Å². The molecule has 1 amide bonds. The fourth-order valence-electron chi connectivity index (χ4n) is 2.24. The fraction of sp³-hybridized carbons (Fsp3) is 0.733. The smallest absolute Gasteiger partial charge is 0.407 e. The summed E-state index contributed by atoms with van der Waals surface area (Å²) < 4.78 is 7.25. The Morgan fingerprint density at radius 2 is 2.18 bits per heavy atom. The van der Waals surface area contributed by atoms with E-state index in [1.54, 1.807) is 6.20 Å². The number of imidazole rings is 1. The molecule has 7 nitrogen and oxygen atoms in total. The zero-order valence-corrected chi connectivity index (χ0v) is 14.5. The van der Waals surface area contributed by atoms with Crippen molar-refractivity contribution in [2.24, 2.45) is 12.8 Å². The lowest BCUT2D eigenvalue weighted by Crippen LogP contribution is -2.53. The van der Waals surface area contributed by atoms with E-state index in [-0.39, 0.29) is 12.1 Å². The van der Waals surface area contributed by atoms with Gasteiger partial charge < -0.3 is 20.4 Å². The van der Waals surface area contributed by atoms with Gasteiger partial charge >= 0.3 is 6.09 Å². The van der Waals surface area contributed by atoms with E-state index in [0.717, 1.165) is 5.82 Å². The number of amides is 1. The Balaban J connectivity index is 2.61. The Kier molecular flexibility index (Phi) is 6.37. The first-order valence-corrected chi connectivity index (χ1v) is 7.50. The van der Waals surface area contributed by atoms with Crippen molar-refractivity contribution in [3.05, 3.63) is 18.2 Å². The van der Waals surface area contributed by atoms with Crippen molar-refractivity contribution < 1.29 is 9.53 Å². The second-order valence-electron chi connectivity index (χ2n) is 6.61. The highest BCUT2D eigenvalue weighted by Crippen LogP contribution is 2.10. The largest absolute Gasteiger partial charge is 0.444 e. The summed E-state index contributed by atoms with van der Waals surface area (Å²) in [5.41, 5.74) is 5.37. The van der Waals surface area contributed by atoms with Crippen LogP contribution in [-0.2, 0) is 18.3 Å². The molecule has 1 heterocycles. The summed E-state index contributed by atoms with van der Waals surface area (Å²) in [6.07, 6.45) is 3.25. The predicted molar refractivity (Wildman–Crippen MR) is 86.3 cm³/mol. The van der Waals surface area contributed by atoms with Crippen LogP contribution in [0, 0.1) is 0 Å². The summed E-state index contributed by atoms with van der Waals surface area (Å²) >= 11 is 0. The van der Waals surface area contributed by atoms with Crippen LogP contribution in [0.5, 0.6) is 0 Å². The molecular weight excluding hydrogens is 282 g/mol. The van der Waals surface area contributed by atoms with E-state index < -0.39 is 11.7 Å². The van der Waals surface area contributed by atoms with Crippen molar-refractivity contribution in [1.29, 1.82) is 0 Å². The zero-order valence-electron chi connectivity index (χ0n) is 14.5. The van der Waals surface area contributed by atoms with Crippen molar-refractivity contribution in [1.82, 2.24) is 19.8 Å². The molecule has 1 rings (SSSR count). The van der Waals surface area contributed by atoms with Crippen LogP contribution >= 0.6 is 0 Å². The zero-order chi connectivity index (χ0) is 16.9. The maximum Gasteiger partial charge on any atom is 0.407 e. The number of nitrogens with one attached hydrogen (secondary N) is 1. The van der Waals surface area contributed by atoms with Gasteiger partial charge in [0.15, 0.2) is 0 Å². The Labute approximate surface area is 132 Å². The highest BCUT2D eigenvalue weighted by atomic mass is 16.6. The second-order valence-corrected chi connectivity index (χ2v) is 6.61. The molecule has 2 unspecified atom stereocenters. The molecule has 0 aromatic carbocycles. The molecule has 3 N–H and O–H groups in total. The Morgan fingerprint density at radius 3 is 2.64 bits per heavy atom. The summed E-state index contributed by atoms with van der Waals surface area (Å²) in [4.78, 5) is 18.3.